The SMILES string of the molecule is COc1cccc(CN2CCCC3(CCN(Cc4cnc(C)nc4)C3)C2=O)c1. The van der Waals surface area contributed by atoms with Gasteiger partial charge in [-0.1, -0.05) is 12.1 Å². The summed E-state index contributed by atoms with van der Waals surface area (Å²) in [5.41, 5.74) is 2.00. The Hall–Kier alpha value is -2.47. The molecule has 2 saturated heterocycles. The van der Waals surface area contributed by atoms with Crippen molar-refractivity contribution < 1.29 is 9.53 Å². The van der Waals surface area contributed by atoms with Crippen LogP contribution < -0.4 is 4.74 Å². The number of amides is 1. The Morgan fingerprint density at radius 2 is 1.93 bits per heavy atom. The molecule has 2 aliphatic heterocycles. The maximum absolute atomic E-state index is 13.4. The molecule has 0 saturated carbocycles. The van der Waals surface area contributed by atoms with E-state index in [9.17, 15) is 4.79 Å². The minimum absolute atomic E-state index is 0.233. The van der Waals surface area contributed by atoms with Gasteiger partial charge < -0.3 is 9.64 Å². The molecule has 1 amide bonds. The van der Waals surface area contributed by atoms with Crippen LogP contribution in [0.4, 0.5) is 0 Å². The molecule has 0 radical (unpaired) electrons. The second-order valence-corrected chi connectivity index (χ2v) is 8.06. The zero-order chi connectivity index (χ0) is 19.6. The molecule has 1 unspecified atom stereocenters. The smallest absolute Gasteiger partial charge is 0.230 e. The van der Waals surface area contributed by atoms with E-state index in [0.717, 1.165) is 68.1 Å². The molecule has 1 aromatic carbocycles. The van der Waals surface area contributed by atoms with E-state index < -0.39 is 0 Å². The first-order valence-corrected chi connectivity index (χ1v) is 10.0. The van der Waals surface area contributed by atoms with E-state index in [2.05, 4.69) is 20.9 Å². The number of methoxy groups -OCH3 is 1. The summed E-state index contributed by atoms with van der Waals surface area (Å²) in [5.74, 6) is 1.94. The zero-order valence-electron chi connectivity index (χ0n) is 16.7. The van der Waals surface area contributed by atoms with Crippen LogP contribution in [0.1, 0.15) is 36.2 Å². The van der Waals surface area contributed by atoms with Gasteiger partial charge in [0.05, 0.1) is 12.5 Å². The van der Waals surface area contributed by atoms with Crippen molar-refractivity contribution in [3.05, 3.63) is 53.6 Å². The van der Waals surface area contributed by atoms with Crippen molar-refractivity contribution in [3.8, 4) is 5.75 Å². The predicted octanol–water partition coefficient (Wildman–Crippen LogP) is 2.81. The molecule has 2 fully saturated rings. The molecule has 0 bridgehead atoms. The number of benzene rings is 1. The lowest BCUT2D eigenvalue weighted by atomic mass is 9.78. The Labute approximate surface area is 166 Å². The molecule has 28 heavy (non-hydrogen) atoms. The van der Waals surface area contributed by atoms with Crippen molar-refractivity contribution >= 4 is 5.91 Å². The molecule has 4 rings (SSSR count). The first-order chi connectivity index (χ1) is 13.6. The van der Waals surface area contributed by atoms with E-state index in [1.807, 2.05) is 42.4 Å². The highest BCUT2D eigenvalue weighted by Gasteiger charge is 2.48. The van der Waals surface area contributed by atoms with E-state index in [1.165, 1.54) is 0 Å². The van der Waals surface area contributed by atoms with Crippen LogP contribution in [0.25, 0.3) is 0 Å². The minimum atomic E-state index is -0.233. The van der Waals surface area contributed by atoms with Crippen LogP contribution >= 0.6 is 0 Å². The van der Waals surface area contributed by atoms with Crippen molar-refractivity contribution in [2.45, 2.75) is 39.3 Å². The lowest BCUT2D eigenvalue weighted by Crippen LogP contribution is -2.49. The van der Waals surface area contributed by atoms with Gasteiger partial charge in [-0.05, 0) is 50.4 Å². The Morgan fingerprint density at radius 3 is 2.71 bits per heavy atom. The molecule has 0 N–H and O–H groups in total. The lowest BCUT2D eigenvalue weighted by Gasteiger charge is -2.39. The highest BCUT2D eigenvalue weighted by molar-refractivity contribution is 5.84. The molecule has 2 aromatic rings. The molecule has 2 aliphatic rings. The van der Waals surface area contributed by atoms with E-state index in [-0.39, 0.29) is 5.41 Å². The molecule has 148 valence electrons. The molecule has 1 spiro atoms. The van der Waals surface area contributed by atoms with Crippen molar-refractivity contribution in [2.24, 2.45) is 5.41 Å². The summed E-state index contributed by atoms with van der Waals surface area (Å²) in [6.45, 7) is 5.98. The van der Waals surface area contributed by atoms with Gasteiger partial charge in [0.25, 0.3) is 0 Å². The number of aryl methyl sites for hydroxylation is 1. The van der Waals surface area contributed by atoms with Gasteiger partial charge in [-0.25, -0.2) is 9.97 Å². The summed E-state index contributed by atoms with van der Waals surface area (Å²) in [6, 6.07) is 8.01. The maximum Gasteiger partial charge on any atom is 0.230 e. The average Bonchev–Trinajstić information content (AvgIpc) is 3.11. The number of nitrogens with zero attached hydrogens (tertiary/aromatic N) is 4. The van der Waals surface area contributed by atoms with Gasteiger partial charge in [-0.3, -0.25) is 9.69 Å². The molecular weight excluding hydrogens is 352 g/mol. The summed E-state index contributed by atoms with van der Waals surface area (Å²) in [4.78, 5) is 26.4. The Balaban J connectivity index is 1.43. The summed E-state index contributed by atoms with van der Waals surface area (Å²) < 4.78 is 5.32. The van der Waals surface area contributed by atoms with Gasteiger partial charge in [-0.2, -0.15) is 0 Å². The summed E-state index contributed by atoms with van der Waals surface area (Å²) in [7, 11) is 1.67. The number of carbonyl (C=O) groups is 1. The summed E-state index contributed by atoms with van der Waals surface area (Å²) in [6.07, 6.45) is 6.78. The number of hydrogen-bond acceptors (Lipinski definition) is 5. The second kappa shape index (κ2) is 7.87. The quantitative estimate of drug-likeness (QED) is 0.798. The molecule has 3 heterocycles. The van der Waals surface area contributed by atoms with Gasteiger partial charge in [0.1, 0.15) is 11.6 Å². The van der Waals surface area contributed by atoms with Crippen molar-refractivity contribution in [1.29, 1.82) is 0 Å². The average molecular weight is 380 g/mol. The third-order valence-corrected chi connectivity index (χ3v) is 6.01. The first-order valence-electron chi connectivity index (χ1n) is 10.0. The van der Waals surface area contributed by atoms with Gasteiger partial charge >= 0.3 is 0 Å². The monoisotopic (exact) mass is 380 g/mol. The number of carbonyl (C=O) groups excluding carboxylic acids is 1. The van der Waals surface area contributed by atoms with E-state index in [4.69, 9.17) is 4.74 Å². The van der Waals surface area contributed by atoms with Gasteiger partial charge in [-0.15, -0.1) is 0 Å². The standard InChI is InChI=1S/C22H28N4O2/c1-17-23-12-19(13-24-17)14-25-10-8-22(16-25)7-4-9-26(21(22)27)15-18-5-3-6-20(11-18)28-2/h3,5-6,11-13H,4,7-10,14-16H2,1-2H3. The Kier molecular flexibility index (Phi) is 5.31. The topological polar surface area (TPSA) is 58.6 Å². The molecule has 1 atom stereocenters. The van der Waals surface area contributed by atoms with E-state index >= 15 is 0 Å². The summed E-state index contributed by atoms with van der Waals surface area (Å²) in [5, 5.41) is 0. The lowest BCUT2D eigenvalue weighted by molar-refractivity contribution is -0.146. The number of aromatic nitrogens is 2. The third kappa shape index (κ3) is 3.87. The number of ether oxygens (including phenoxy) is 1. The molecule has 6 heteroatoms. The fourth-order valence-corrected chi connectivity index (χ4v) is 4.53. The zero-order valence-corrected chi connectivity index (χ0v) is 16.7. The van der Waals surface area contributed by atoms with Crippen molar-refractivity contribution in [2.75, 3.05) is 26.7 Å². The number of rotatable bonds is 5. The highest BCUT2D eigenvalue weighted by atomic mass is 16.5. The number of likely N-dealkylation sites (tertiary alicyclic amines) is 2. The maximum atomic E-state index is 13.4. The molecule has 6 nitrogen and oxygen atoms in total. The summed E-state index contributed by atoms with van der Waals surface area (Å²) >= 11 is 0. The van der Waals surface area contributed by atoms with Crippen LogP contribution in [0, 0.1) is 12.3 Å². The Bertz CT molecular complexity index is 839. The normalized spacial score (nSPS) is 22.8. The third-order valence-electron chi connectivity index (χ3n) is 6.01. The van der Waals surface area contributed by atoms with Crippen LogP contribution in [0.15, 0.2) is 36.7 Å². The Morgan fingerprint density at radius 1 is 1.11 bits per heavy atom. The van der Waals surface area contributed by atoms with Gasteiger partial charge in [0.2, 0.25) is 5.91 Å². The largest absolute Gasteiger partial charge is 0.497 e. The molecule has 0 aliphatic carbocycles. The van der Waals surface area contributed by atoms with Crippen LogP contribution in [-0.4, -0.2) is 52.4 Å². The van der Waals surface area contributed by atoms with Crippen LogP contribution in [0.3, 0.4) is 0 Å². The molecular formula is C22H28N4O2. The first kappa shape index (κ1) is 18.9. The van der Waals surface area contributed by atoms with E-state index in [1.54, 1.807) is 7.11 Å². The highest BCUT2D eigenvalue weighted by Crippen LogP contribution is 2.41. The van der Waals surface area contributed by atoms with Crippen LogP contribution in [0.2, 0.25) is 0 Å². The van der Waals surface area contributed by atoms with Gasteiger partial charge in [0.15, 0.2) is 0 Å². The van der Waals surface area contributed by atoms with Crippen LogP contribution in [0.5, 0.6) is 5.75 Å². The fraction of sp³-hybridized carbons (Fsp3) is 0.500. The van der Waals surface area contributed by atoms with Crippen LogP contribution in [-0.2, 0) is 17.9 Å². The van der Waals surface area contributed by atoms with E-state index in [0.29, 0.717) is 12.5 Å². The molecule has 1 aromatic heterocycles. The fourth-order valence-electron chi connectivity index (χ4n) is 4.53. The number of piperidine rings is 1. The number of hydrogen-bond donors (Lipinski definition) is 0. The second-order valence-electron chi connectivity index (χ2n) is 8.06. The van der Waals surface area contributed by atoms with Gasteiger partial charge in [0, 0.05) is 44.1 Å². The predicted molar refractivity (Wildman–Crippen MR) is 107 cm³/mol. The van der Waals surface area contributed by atoms with Crippen molar-refractivity contribution in [1.82, 2.24) is 19.8 Å². The van der Waals surface area contributed by atoms with Crippen molar-refractivity contribution in [3.63, 3.8) is 0 Å². The minimum Gasteiger partial charge on any atom is -0.497 e.